The van der Waals surface area contributed by atoms with Gasteiger partial charge in [0.15, 0.2) is 5.82 Å². The molecule has 0 aromatic carbocycles. The molecule has 2 amide bonds. The lowest BCUT2D eigenvalue weighted by atomic mass is 9.89. The van der Waals surface area contributed by atoms with Gasteiger partial charge < -0.3 is 14.7 Å². The second-order valence-corrected chi connectivity index (χ2v) is 6.24. The first-order valence-corrected chi connectivity index (χ1v) is 8.54. The molecule has 7 nitrogen and oxygen atoms in total. The molecule has 0 saturated heterocycles. The molecule has 1 fully saturated rings. The molecular weight excluding hydrogens is 308 g/mol. The first kappa shape index (κ1) is 18.2. The third-order valence-corrected chi connectivity index (χ3v) is 4.49. The summed E-state index contributed by atoms with van der Waals surface area (Å²) in [5, 5.41) is 7.15. The van der Waals surface area contributed by atoms with E-state index in [9.17, 15) is 9.59 Å². The Kier molecular flexibility index (Phi) is 6.11. The largest absolute Gasteiger partial charge is 0.342 e. The average molecular weight is 334 g/mol. The molecule has 0 aliphatic heterocycles. The van der Waals surface area contributed by atoms with Gasteiger partial charge in [0.05, 0.1) is 6.54 Å². The van der Waals surface area contributed by atoms with Crippen molar-refractivity contribution >= 4 is 11.8 Å². The molecule has 132 valence electrons. The molecule has 24 heavy (non-hydrogen) atoms. The Balaban J connectivity index is 2.17. The van der Waals surface area contributed by atoms with E-state index >= 15 is 0 Å². The Bertz CT molecular complexity index is 588. The van der Waals surface area contributed by atoms with Gasteiger partial charge in [0.25, 0.3) is 0 Å². The zero-order valence-corrected chi connectivity index (χ0v) is 14.5. The van der Waals surface area contributed by atoms with Crippen LogP contribution in [0.2, 0.25) is 0 Å². The maximum atomic E-state index is 12.6. The maximum absolute atomic E-state index is 12.6. The number of hydrogen-bond acceptors (Lipinski definition) is 5. The number of carbonyl (C=O) groups is 2. The normalized spacial score (nSPS) is 16.9. The van der Waals surface area contributed by atoms with Gasteiger partial charge >= 0.3 is 0 Å². The highest BCUT2D eigenvalue weighted by atomic mass is 16.5. The Hall–Kier alpha value is -2.18. The summed E-state index contributed by atoms with van der Waals surface area (Å²) in [6, 6.07) is 0. The molecule has 1 N–H and O–H groups in total. The SMILES string of the molecule is C=CC(=O)N(CC)CC(=O)NC1(c2noc(C)n2)CCCCCC1. The second-order valence-electron chi connectivity index (χ2n) is 6.24. The lowest BCUT2D eigenvalue weighted by molar-refractivity contribution is -0.133. The zero-order chi connectivity index (χ0) is 17.6. The van der Waals surface area contributed by atoms with Crippen LogP contribution in [0.25, 0.3) is 0 Å². The quantitative estimate of drug-likeness (QED) is 0.635. The summed E-state index contributed by atoms with van der Waals surface area (Å²) in [5.41, 5.74) is -0.609. The number of aryl methyl sites for hydroxylation is 1. The van der Waals surface area contributed by atoms with Crippen molar-refractivity contribution in [3.8, 4) is 0 Å². The predicted octanol–water partition coefficient (Wildman–Crippen LogP) is 2.08. The number of nitrogens with zero attached hydrogens (tertiary/aromatic N) is 3. The molecule has 1 aliphatic rings. The maximum Gasteiger partial charge on any atom is 0.246 e. The summed E-state index contributed by atoms with van der Waals surface area (Å²) >= 11 is 0. The van der Waals surface area contributed by atoms with Gasteiger partial charge in [-0.1, -0.05) is 37.4 Å². The third kappa shape index (κ3) is 4.21. The molecule has 0 unspecified atom stereocenters. The minimum absolute atomic E-state index is 0.0000626. The molecule has 1 aliphatic carbocycles. The highest BCUT2D eigenvalue weighted by Crippen LogP contribution is 2.34. The van der Waals surface area contributed by atoms with Gasteiger partial charge in [-0.05, 0) is 25.8 Å². The minimum Gasteiger partial charge on any atom is -0.342 e. The Morgan fingerprint density at radius 3 is 2.50 bits per heavy atom. The third-order valence-electron chi connectivity index (χ3n) is 4.49. The molecular formula is C17H26N4O3. The van der Waals surface area contributed by atoms with Crippen molar-refractivity contribution in [2.75, 3.05) is 13.1 Å². The van der Waals surface area contributed by atoms with Crippen molar-refractivity contribution in [3.05, 3.63) is 24.4 Å². The molecule has 1 heterocycles. The van der Waals surface area contributed by atoms with Crippen molar-refractivity contribution in [2.24, 2.45) is 0 Å². The van der Waals surface area contributed by atoms with E-state index < -0.39 is 5.54 Å². The van der Waals surface area contributed by atoms with Gasteiger partial charge in [-0.2, -0.15) is 4.98 Å². The van der Waals surface area contributed by atoms with Crippen molar-refractivity contribution in [1.82, 2.24) is 20.4 Å². The number of aromatic nitrogens is 2. The van der Waals surface area contributed by atoms with Crippen LogP contribution in [0.3, 0.4) is 0 Å². The van der Waals surface area contributed by atoms with Gasteiger partial charge in [0, 0.05) is 13.5 Å². The first-order valence-electron chi connectivity index (χ1n) is 8.54. The highest BCUT2D eigenvalue weighted by molar-refractivity contribution is 5.91. The minimum atomic E-state index is -0.609. The van der Waals surface area contributed by atoms with Crippen LogP contribution in [-0.4, -0.2) is 39.9 Å². The predicted molar refractivity (Wildman–Crippen MR) is 89.0 cm³/mol. The van der Waals surface area contributed by atoms with Gasteiger partial charge in [-0.25, -0.2) is 0 Å². The zero-order valence-electron chi connectivity index (χ0n) is 14.5. The van der Waals surface area contributed by atoms with Crippen LogP contribution in [-0.2, 0) is 15.1 Å². The second kappa shape index (κ2) is 8.08. The summed E-state index contributed by atoms with van der Waals surface area (Å²) in [6.07, 6.45) is 7.03. The number of carbonyl (C=O) groups excluding carboxylic acids is 2. The topological polar surface area (TPSA) is 88.3 Å². The summed E-state index contributed by atoms with van der Waals surface area (Å²) in [7, 11) is 0. The van der Waals surface area contributed by atoms with E-state index in [1.54, 1.807) is 6.92 Å². The average Bonchev–Trinajstić information content (AvgIpc) is 2.88. The lowest BCUT2D eigenvalue weighted by Crippen LogP contribution is -2.50. The summed E-state index contributed by atoms with van der Waals surface area (Å²) in [6.45, 7) is 7.50. The van der Waals surface area contributed by atoms with Gasteiger partial charge in [-0.15, -0.1) is 0 Å². The Labute approximate surface area is 142 Å². The number of rotatable bonds is 6. The first-order chi connectivity index (χ1) is 11.5. The van der Waals surface area contributed by atoms with Crippen LogP contribution in [0.1, 0.15) is 57.2 Å². The fraction of sp³-hybridized carbons (Fsp3) is 0.647. The molecule has 0 bridgehead atoms. The van der Waals surface area contributed by atoms with Crippen molar-refractivity contribution in [2.45, 2.75) is 57.9 Å². The molecule has 7 heteroatoms. The van der Waals surface area contributed by atoms with Crippen molar-refractivity contribution < 1.29 is 14.1 Å². The van der Waals surface area contributed by atoms with Crippen molar-refractivity contribution in [3.63, 3.8) is 0 Å². The van der Waals surface area contributed by atoms with Crippen LogP contribution in [0.4, 0.5) is 0 Å². The van der Waals surface area contributed by atoms with Gasteiger partial charge in [0.2, 0.25) is 17.7 Å². The summed E-state index contributed by atoms with van der Waals surface area (Å²) in [5.74, 6) is 0.558. The van der Waals surface area contributed by atoms with E-state index in [0.717, 1.165) is 38.5 Å². The van der Waals surface area contributed by atoms with Crippen LogP contribution in [0.5, 0.6) is 0 Å². The fourth-order valence-electron chi connectivity index (χ4n) is 3.18. The van der Waals surface area contributed by atoms with E-state index in [1.165, 1.54) is 11.0 Å². The van der Waals surface area contributed by atoms with Crippen LogP contribution < -0.4 is 5.32 Å². The number of hydrogen-bond donors (Lipinski definition) is 1. The Morgan fingerprint density at radius 1 is 1.33 bits per heavy atom. The van der Waals surface area contributed by atoms with Gasteiger partial charge in [0.1, 0.15) is 5.54 Å². The molecule has 2 rings (SSSR count). The molecule has 1 aromatic rings. The van der Waals surface area contributed by atoms with Gasteiger partial charge in [-0.3, -0.25) is 9.59 Å². The fourth-order valence-corrected chi connectivity index (χ4v) is 3.18. The molecule has 0 spiro atoms. The standard InChI is InChI=1S/C17H26N4O3/c1-4-15(23)21(5-2)12-14(22)19-17(10-8-6-7-9-11-17)16-18-13(3)24-20-16/h4H,1,5-12H2,2-3H3,(H,19,22). The van der Waals surface area contributed by atoms with E-state index in [-0.39, 0.29) is 18.4 Å². The lowest BCUT2D eigenvalue weighted by Gasteiger charge is -2.31. The van der Waals surface area contributed by atoms with E-state index in [1.807, 2.05) is 6.92 Å². The highest BCUT2D eigenvalue weighted by Gasteiger charge is 2.39. The Morgan fingerprint density at radius 2 is 2.00 bits per heavy atom. The van der Waals surface area contributed by atoms with Crippen LogP contribution in [0, 0.1) is 6.92 Å². The molecule has 0 atom stereocenters. The molecule has 1 saturated carbocycles. The summed E-state index contributed by atoms with van der Waals surface area (Å²) in [4.78, 5) is 30.2. The van der Waals surface area contributed by atoms with E-state index in [2.05, 4.69) is 22.0 Å². The van der Waals surface area contributed by atoms with E-state index in [0.29, 0.717) is 18.3 Å². The molecule has 0 radical (unpaired) electrons. The van der Waals surface area contributed by atoms with E-state index in [4.69, 9.17) is 4.52 Å². The summed E-state index contributed by atoms with van der Waals surface area (Å²) < 4.78 is 5.13. The van der Waals surface area contributed by atoms with Crippen molar-refractivity contribution in [1.29, 1.82) is 0 Å². The smallest absolute Gasteiger partial charge is 0.246 e. The van der Waals surface area contributed by atoms with Crippen LogP contribution in [0.15, 0.2) is 17.2 Å². The monoisotopic (exact) mass is 334 g/mol. The van der Waals surface area contributed by atoms with Crippen LogP contribution >= 0.6 is 0 Å². The molecule has 1 aromatic heterocycles. The number of amides is 2. The number of nitrogens with one attached hydrogen (secondary N) is 1. The number of likely N-dealkylation sites (N-methyl/N-ethyl adjacent to an activating group) is 1.